The van der Waals surface area contributed by atoms with Gasteiger partial charge in [-0.25, -0.2) is 4.98 Å². The zero-order valence-corrected chi connectivity index (χ0v) is 17.9. The van der Waals surface area contributed by atoms with Gasteiger partial charge in [-0.15, -0.1) is 0 Å². The fourth-order valence-electron chi connectivity index (χ4n) is 3.29. The van der Waals surface area contributed by atoms with E-state index >= 15 is 0 Å². The number of aromatic nitrogens is 2. The lowest BCUT2D eigenvalue weighted by molar-refractivity contribution is -0.122. The number of anilines is 1. The number of hydrogen-bond acceptors (Lipinski definition) is 5. The molecule has 0 bridgehead atoms. The van der Waals surface area contributed by atoms with Crippen LogP contribution in [0.25, 0.3) is 11.3 Å². The molecule has 9 heteroatoms. The van der Waals surface area contributed by atoms with Gasteiger partial charge in [0.15, 0.2) is 0 Å². The van der Waals surface area contributed by atoms with Crippen molar-refractivity contribution in [2.24, 2.45) is 4.99 Å². The van der Waals surface area contributed by atoms with E-state index in [4.69, 9.17) is 11.6 Å². The van der Waals surface area contributed by atoms with Crippen molar-refractivity contribution in [3.05, 3.63) is 45.5 Å². The summed E-state index contributed by atoms with van der Waals surface area (Å²) < 4.78 is 1.37. The van der Waals surface area contributed by atoms with Crippen molar-refractivity contribution in [2.75, 3.05) is 12.4 Å². The third kappa shape index (κ3) is 4.94. The van der Waals surface area contributed by atoms with Crippen molar-refractivity contribution >= 4 is 35.3 Å². The first-order valence-corrected chi connectivity index (χ1v) is 10.1. The number of nitrogens with one attached hydrogen (secondary N) is 2. The molecular weight excluding hydrogens is 406 g/mol. The van der Waals surface area contributed by atoms with Crippen molar-refractivity contribution in [1.82, 2.24) is 14.9 Å². The van der Waals surface area contributed by atoms with Gasteiger partial charge in [0.05, 0.1) is 16.9 Å². The van der Waals surface area contributed by atoms with E-state index in [0.717, 1.165) is 12.8 Å². The molecule has 30 heavy (non-hydrogen) atoms. The SMILES string of the molecule is CCc1nc(-c2ccc(Cl)cc2NC(C)=O)cc(=O)n1CC(=O)NC1(C=NC)CC1. The number of hydrogen-bond donors (Lipinski definition) is 2. The molecule has 1 fully saturated rings. The minimum atomic E-state index is -0.383. The van der Waals surface area contributed by atoms with E-state index in [-0.39, 0.29) is 29.5 Å². The molecule has 1 heterocycles. The van der Waals surface area contributed by atoms with Crippen molar-refractivity contribution in [3.8, 4) is 11.3 Å². The van der Waals surface area contributed by atoms with Gasteiger partial charge < -0.3 is 10.6 Å². The predicted octanol–water partition coefficient (Wildman–Crippen LogP) is 2.43. The van der Waals surface area contributed by atoms with E-state index in [0.29, 0.717) is 34.2 Å². The van der Waals surface area contributed by atoms with Crippen LogP contribution in [0, 0.1) is 0 Å². The molecule has 8 nitrogen and oxygen atoms in total. The summed E-state index contributed by atoms with van der Waals surface area (Å²) in [5, 5.41) is 6.10. The highest BCUT2D eigenvalue weighted by atomic mass is 35.5. The number of rotatable bonds is 7. The molecule has 1 saturated carbocycles. The van der Waals surface area contributed by atoms with Crippen molar-refractivity contribution in [1.29, 1.82) is 0 Å². The topological polar surface area (TPSA) is 105 Å². The predicted molar refractivity (Wildman–Crippen MR) is 117 cm³/mol. The highest BCUT2D eigenvalue weighted by molar-refractivity contribution is 6.31. The molecule has 2 aromatic rings. The van der Waals surface area contributed by atoms with Crippen molar-refractivity contribution in [2.45, 2.75) is 45.2 Å². The Bertz CT molecular complexity index is 1070. The van der Waals surface area contributed by atoms with Crippen LogP contribution >= 0.6 is 11.6 Å². The lowest BCUT2D eigenvalue weighted by atomic mass is 10.1. The molecule has 2 amide bonds. The van der Waals surface area contributed by atoms with Crippen LogP contribution in [0.5, 0.6) is 0 Å². The number of carbonyl (C=O) groups is 2. The van der Waals surface area contributed by atoms with E-state index < -0.39 is 0 Å². The average Bonchev–Trinajstić information content (AvgIpc) is 3.42. The highest BCUT2D eigenvalue weighted by Crippen LogP contribution is 2.33. The van der Waals surface area contributed by atoms with Crippen LogP contribution in [0.3, 0.4) is 0 Å². The Labute approximate surface area is 179 Å². The van der Waals surface area contributed by atoms with Crippen LogP contribution in [0.2, 0.25) is 5.02 Å². The van der Waals surface area contributed by atoms with E-state index in [9.17, 15) is 14.4 Å². The summed E-state index contributed by atoms with van der Waals surface area (Å²) in [6.45, 7) is 3.14. The molecule has 2 N–H and O–H groups in total. The maximum atomic E-state index is 12.8. The molecule has 0 unspecified atom stereocenters. The molecule has 0 aliphatic heterocycles. The minimum absolute atomic E-state index is 0.117. The van der Waals surface area contributed by atoms with Crippen LogP contribution in [-0.2, 0) is 22.6 Å². The first-order valence-electron chi connectivity index (χ1n) is 9.69. The second kappa shape index (κ2) is 8.79. The molecular formula is C21H24ClN5O3. The fraction of sp³-hybridized carbons (Fsp3) is 0.381. The molecule has 1 aliphatic carbocycles. The second-order valence-corrected chi connectivity index (χ2v) is 7.73. The van der Waals surface area contributed by atoms with E-state index in [1.54, 1.807) is 31.5 Å². The smallest absolute Gasteiger partial charge is 0.254 e. The first-order chi connectivity index (χ1) is 14.3. The Morgan fingerprint density at radius 1 is 1.33 bits per heavy atom. The largest absolute Gasteiger partial charge is 0.344 e. The second-order valence-electron chi connectivity index (χ2n) is 7.30. The molecule has 0 saturated heterocycles. The summed E-state index contributed by atoms with van der Waals surface area (Å²) in [4.78, 5) is 45.5. The van der Waals surface area contributed by atoms with Gasteiger partial charge in [-0.3, -0.25) is 23.9 Å². The number of aryl methyl sites for hydroxylation is 1. The van der Waals surface area contributed by atoms with Gasteiger partial charge in [0.25, 0.3) is 5.56 Å². The van der Waals surface area contributed by atoms with E-state index in [2.05, 4.69) is 20.6 Å². The average molecular weight is 430 g/mol. The zero-order chi connectivity index (χ0) is 21.9. The Morgan fingerprint density at radius 3 is 2.67 bits per heavy atom. The minimum Gasteiger partial charge on any atom is -0.344 e. The van der Waals surface area contributed by atoms with Crippen LogP contribution in [0.1, 0.15) is 32.5 Å². The summed E-state index contributed by atoms with van der Waals surface area (Å²) in [6.07, 6.45) is 3.87. The van der Waals surface area contributed by atoms with Gasteiger partial charge in [0.2, 0.25) is 11.8 Å². The number of aliphatic imine (C=N–C) groups is 1. The van der Waals surface area contributed by atoms with E-state index in [1.165, 1.54) is 17.6 Å². The monoisotopic (exact) mass is 429 g/mol. The van der Waals surface area contributed by atoms with Crippen LogP contribution < -0.4 is 16.2 Å². The number of benzene rings is 1. The summed E-state index contributed by atoms with van der Waals surface area (Å²) in [5.74, 6) is -0.0431. The molecule has 0 radical (unpaired) electrons. The van der Waals surface area contributed by atoms with Gasteiger partial charge in [0, 0.05) is 43.3 Å². The number of carbonyl (C=O) groups excluding carboxylic acids is 2. The van der Waals surface area contributed by atoms with Crippen molar-refractivity contribution in [3.63, 3.8) is 0 Å². The third-order valence-corrected chi connectivity index (χ3v) is 5.06. The molecule has 3 rings (SSSR count). The van der Waals surface area contributed by atoms with Crippen LogP contribution in [0.4, 0.5) is 5.69 Å². The summed E-state index contributed by atoms with van der Waals surface area (Å²) in [7, 11) is 1.67. The Kier molecular flexibility index (Phi) is 6.36. The van der Waals surface area contributed by atoms with Gasteiger partial charge in [-0.05, 0) is 31.0 Å². The number of nitrogens with zero attached hydrogens (tertiary/aromatic N) is 3. The quantitative estimate of drug-likeness (QED) is 0.659. The number of halogens is 1. The molecule has 1 aromatic carbocycles. The van der Waals surface area contributed by atoms with E-state index in [1.807, 2.05) is 6.92 Å². The lowest BCUT2D eigenvalue weighted by Gasteiger charge is -2.16. The van der Waals surface area contributed by atoms with Crippen LogP contribution in [0.15, 0.2) is 34.1 Å². The molecule has 1 aliphatic rings. The molecule has 0 spiro atoms. The van der Waals surface area contributed by atoms with Crippen molar-refractivity contribution < 1.29 is 9.59 Å². The van der Waals surface area contributed by atoms with Gasteiger partial charge in [-0.1, -0.05) is 18.5 Å². The Morgan fingerprint density at radius 2 is 2.07 bits per heavy atom. The maximum Gasteiger partial charge on any atom is 0.254 e. The maximum absolute atomic E-state index is 12.8. The Hall–Kier alpha value is -3.00. The lowest BCUT2D eigenvalue weighted by Crippen LogP contribution is -2.42. The standard InChI is InChI=1S/C21H24ClN5O3/c1-4-18-25-17(15-6-5-14(22)9-16(15)24-13(2)28)10-20(30)27(18)11-19(29)26-21(7-8-21)12-23-3/h5-6,9-10,12H,4,7-8,11H2,1-3H3,(H,24,28)(H,26,29). The first kappa shape index (κ1) is 21.7. The normalized spacial score (nSPS) is 14.5. The Balaban J connectivity index is 1.93. The van der Waals surface area contributed by atoms with Crippen LogP contribution in [-0.4, -0.2) is 40.2 Å². The molecule has 0 atom stereocenters. The summed E-state index contributed by atoms with van der Waals surface area (Å²) >= 11 is 6.05. The van der Waals surface area contributed by atoms with Gasteiger partial charge in [0.1, 0.15) is 12.4 Å². The fourth-order valence-corrected chi connectivity index (χ4v) is 3.46. The zero-order valence-electron chi connectivity index (χ0n) is 17.2. The highest BCUT2D eigenvalue weighted by Gasteiger charge is 2.42. The van der Waals surface area contributed by atoms with Gasteiger partial charge in [-0.2, -0.15) is 0 Å². The van der Waals surface area contributed by atoms with Gasteiger partial charge >= 0.3 is 0 Å². The molecule has 1 aromatic heterocycles. The number of amides is 2. The third-order valence-electron chi connectivity index (χ3n) is 4.83. The molecule has 158 valence electrons. The summed E-state index contributed by atoms with van der Waals surface area (Å²) in [5.41, 5.74) is 0.727. The summed E-state index contributed by atoms with van der Waals surface area (Å²) in [6, 6.07) is 6.34.